The second-order valence-corrected chi connectivity index (χ2v) is 22.9. The summed E-state index contributed by atoms with van der Waals surface area (Å²) in [4.78, 5) is 29.6. The lowest BCUT2D eigenvalue weighted by Gasteiger charge is -2.32. The maximum atomic E-state index is 6.45. The Kier molecular flexibility index (Phi) is 11.9. The number of fused-ring (bicyclic) bond motifs is 12. The Labute approximate surface area is 496 Å². The van der Waals surface area contributed by atoms with E-state index in [4.69, 9.17) is 68.5 Å². The molecule has 1 aliphatic heterocycles. The Balaban J connectivity index is 0.000000142. The van der Waals surface area contributed by atoms with Gasteiger partial charge in [0.05, 0.1) is 16.2 Å². The molecule has 0 atom stereocenters. The molecule has 412 valence electrons. The van der Waals surface area contributed by atoms with Crippen LogP contribution in [-0.4, -0.2) is 48.2 Å². The maximum absolute atomic E-state index is 6.45. The molecule has 7 heterocycles. The van der Waals surface area contributed by atoms with Crippen LogP contribution in [0.1, 0.15) is 27.7 Å². The summed E-state index contributed by atoms with van der Waals surface area (Å²) in [7, 11) is -0.535. The molecule has 10 aromatic carbocycles. The summed E-state index contributed by atoms with van der Waals surface area (Å²) in [6.45, 7) is 8.22. The van der Waals surface area contributed by atoms with E-state index in [2.05, 4.69) is 64.1 Å². The van der Waals surface area contributed by atoms with E-state index in [9.17, 15) is 0 Å². The lowest BCUT2D eigenvalue weighted by Crippen LogP contribution is -2.41. The summed E-state index contributed by atoms with van der Waals surface area (Å²) in [5.74, 6) is 3.47. The minimum atomic E-state index is -0.535. The normalized spacial score (nSPS) is 13.9. The molecular formula is C72H48BClN6O6. The van der Waals surface area contributed by atoms with Gasteiger partial charge in [-0.05, 0) is 107 Å². The van der Waals surface area contributed by atoms with E-state index in [-0.39, 0.29) is 0 Å². The highest BCUT2D eigenvalue weighted by Crippen LogP contribution is 2.41. The first-order valence-electron chi connectivity index (χ1n) is 28.3. The molecule has 0 saturated carbocycles. The van der Waals surface area contributed by atoms with Crippen LogP contribution >= 0.6 is 11.6 Å². The van der Waals surface area contributed by atoms with E-state index in [0.29, 0.717) is 45.6 Å². The van der Waals surface area contributed by atoms with Gasteiger partial charge < -0.3 is 27.0 Å². The molecule has 1 aliphatic rings. The van der Waals surface area contributed by atoms with Gasteiger partial charge in [-0.3, -0.25) is 0 Å². The third-order valence-electron chi connectivity index (χ3n) is 16.6. The van der Waals surface area contributed by atoms with Crippen molar-refractivity contribution in [3.63, 3.8) is 0 Å². The largest absolute Gasteiger partial charge is 0.498 e. The Morgan fingerprint density at radius 1 is 0.291 bits per heavy atom. The van der Waals surface area contributed by atoms with Gasteiger partial charge in [0.1, 0.15) is 39.1 Å². The zero-order chi connectivity index (χ0) is 57.8. The summed E-state index contributed by atoms with van der Waals surface area (Å²) >= 11 is 6.40. The van der Waals surface area contributed by atoms with E-state index >= 15 is 0 Å². The second kappa shape index (κ2) is 19.9. The van der Waals surface area contributed by atoms with Gasteiger partial charge in [-0.2, -0.15) is 0 Å². The van der Waals surface area contributed by atoms with Crippen LogP contribution in [0.3, 0.4) is 0 Å². The smallest absolute Gasteiger partial charge is 0.456 e. The average Bonchev–Trinajstić information content (AvgIpc) is 1.84. The molecule has 0 amide bonds. The van der Waals surface area contributed by atoms with E-state index in [0.717, 1.165) is 121 Å². The quantitative estimate of drug-likeness (QED) is 0.140. The predicted molar refractivity (Wildman–Crippen MR) is 342 cm³/mol. The van der Waals surface area contributed by atoms with Crippen LogP contribution in [-0.2, 0) is 9.31 Å². The summed E-state index contributed by atoms with van der Waals surface area (Å²) in [6.07, 6.45) is 0. The molecule has 0 radical (unpaired) electrons. The standard InChI is InChI=1S/C39H30BN3O4.C33H18ClN3O2/c1-38(2)39(3,4)47-40(46-38)30-15-10-14-28-29-21-24(18-20-32(29)45-34(28)30)36-41-35(23-11-6-5-7-12-23)42-37(43-36)25-17-19-27-26-13-8-9-16-31(26)44-33(27)22-25;34-26-11-6-10-24-25-17-20(14-16-28(25)39-30(24)26)32-35-31(19-7-2-1-3-8-19)36-33(37-32)21-13-15-23-22-9-4-5-12-27(22)38-29(23)18-21/h5-22H,1-4H3;1-18H. The summed E-state index contributed by atoms with van der Waals surface area (Å²) < 4.78 is 37.6. The lowest BCUT2D eigenvalue weighted by atomic mass is 9.78. The number of furan rings is 4. The van der Waals surface area contributed by atoms with Crippen LogP contribution in [0.2, 0.25) is 5.02 Å². The summed E-state index contributed by atoms with van der Waals surface area (Å²) in [5.41, 5.74) is 11.4. The lowest BCUT2D eigenvalue weighted by molar-refractivity contribution is 0.00578. The highest BCUT2D eigenvalue weighted by atomic mass is 35.5. The molecular weight excluding hydrogens is 1090 g/mol. The minimum Gasteiger partial charge on any atom is -0.456 e. The predicted octanol–water partition coefficient (Wildman–Crippen LogP) is 18.3. The van der Waals surface area contributed by atoms with Crippen molar-refractivity contribution in [3.8, 4) is 68.3 Å². The van der Waals surface area contributed by atoms with E-state index in [1.165, 1.54) is 0 Å². The van der Waals surface area contributed by atoms with Gasteiger partial charge >= 0.3 is 7.12 Å². The van der Waals surface area contributed by atoms with Gasteiger partial charge in [0.25, 0.3) is 0 Å². The van der Waals surface area contributed by atoms with Crippen molar-refractivity contribution in [1.29, 1.82) is 0 Å². The van der Waals surface area contributed by atoms with Crippen molar-refractivity contribution in [1.82, 2.24) is 29.9 Å². The highest BCUT2D eigenvalue weighted by molar-refractivity contribution is 6.65. The zero-order valence-electron chi connectivity index (χ0n) is 46.9. The SMILES string of the molecule is CC1(C)OB(c2cccc3c2oc2ccc(-c4nc(-c5ccccc5)nc(-c5ccc6c(c5)oc5ccccc56)n4)cc23)OC1(C)C.Clc1cccc2c1oc1ccc(-c3nc(-c4ccccc4)nc(-c4ccc5c(c4)oc4ccccc45)n3)cc12. The number of halogens is 1. The van der Waals surface area contributed by atoms with Crippen molar-refractivity contribution in [2.24, 2.45) is 0 Å². The molecule has 17 rings (SSSR count). The second-order valence-electron chi connectivity index (χ2n) is 22.5. The van der Waals surface area contributed by atoms with Crippen molar-refractivity contribution < 1.29 is 27.0 Å². The highest BCUT2D eigenvalue weighted by Gasteiger charge is 2.52. The number of hydrogen-bond donors (Lipinski definition) is 0. The van der Waals surface area contributed by atoms with Crippen molar-refractivity contribution in [2.75, 3.05) is 0 Å². The molecule has 12 nitrogen and oxygen atoms in total. The fourth-order valence-electron chi connectivity index (χ4n) is 11.4. The summed E-state index contributed by atoms with van der Waals surface area (Å²) in [6, 6.07) is 72.1. The van der Waals surface area contributed by atoms with Gasteiger partial charge in [0.15, 0.2) is 40.5 Å². The Morgan fingerprint density at radius 2 is 0.651 bits per heavy atom. The topological polar surface area (TPSA) is 148 Å². The minimum absolute atomic E-state index is 0.458. The first kappa shape index (κ1) is 51.3. The van der Waals surface area contributed by atoms with E-state index < -0.39 is 18.3 Å². The maximum Gasteiger partial charge on any atom is 0.498 e. The number of rotatable bonds is 7. The molecule has 0 spiro atoms. The Morgan fingerprint density at radius 3 is 1.14 bits per heavy atom. The number of para-hydroxylation sites is 4. The average molecular weight is 1140 g/mol. The van der Waals surface area contributed by atoms with Gasteiger partial charge in [-0.25, -0.2) is 29.9 Å². The molecule has 6 aromatic heterocycles. The van der Waals surface area contributed by atoms with E-state index in [1.54, 1.807) is 0 Å². The fourth-order valence-corrected chi connectivity index (χ4v) is 11.7. The van der Waals surface area contributed by atoms with Crippen LogP contribution in [0.5, 0.6) is 0 Å². The number of hydrogen-bond acceptors (Lipinski definition) is 12. The van der Waals surface area contributed by atoms with Crippen molar-refractivity contribution >= 4 is 112 Å². The molecule has 14 heteroatoms. The van der Waals surface area contributed by atoms with E-state index in [1.807, 2.05) is 182 Å². The zero-order valence-corrected chi connectivity index (χ0v) is 47.6. The molecule has 1 fully saturated rings. The fraction of sp³-hybridized carbons (Fsp3) is 0.0833. The van der Waals surface area contributed by atoms with Crippen LogP contribution in [0.25, 0.3) is 156 Å². The van der Waals surface area contributed by atoms with Gasteiger partial charge in [-0.1, -0.05) is 151 Å². The first-order chi connectivity index (χ1) is 41.9. The first-order valence-corrected chi connectivity index (χ1v) is 28.7. The van der Waals surface area contributed by atoms with Gasteiger partial charge in [0, 0.05) is 81.9 Å². The molecule has 0 aliphatic carbocycles. The van der Waals surface area contributed by atoms with Crippen LogP contribution in [0.15, 0.2) is 236 Å². The monoisotopic (exact) mass is 1140 g/mol. The summed E-state index contributed by atoms with van der Waals surface area (Å²) in [5, 5.41) is 8.70. The molecule has 0 unspecified atom stereocenters. The third kappa shape index (κ3) is 8.77. The van der Waals surface area contributed by atoms with Crippen molar-refractivity contribution in [3.05, 3.63) is 223 Å². The molecule has 16 aromatic rings. The van der Waals surface area contributed by atoms with Crippen LogP contribution in [0, 0.1) is 0 Å². The Bertz CT molecular complexity index is 5350. The molecule has 0 bridgehead atoms. The number of nitrogens with zero attached hydrogens (tertiary/aromatic N) is 6. The molecule has 0 N–H and O–H groups in total. The van der Waals surface area contributed by atoms with Gasteiger partial charge in [-0.15, -0.1) is 0 Å². The number of aromatic nitrogens is 6. The Hall–Kier alpha value is -10.3. The molecule has 86 heavy (non-hydrogen) atoms. The number of benzene rings is 10. The van der Waals surface area contributed by atoms with Crippen LogP contribution in [0.4, 0.5) is 0 Å². The molecule has 1 saturated heterocycles. The van der Waals surface area contributed by atoms with Crippen LogP contribution < -0.4 is 5.46 Å². The van der Waals surface area contributed by atoms with Crippen molar-refractivity contribution in [2.45, 2.75) is 38.9 Å². The third-order valence-corrected chi connectivity index (χ3v) is 16.9. The van der Waals surface area contributed by atoms with Gasteiger partial charge in [0.2, 0.25) is 0 Å².